The number of carbonyl (C=O) groups is 1. The van der Waals surface area contributed by atoms with E-state index in [1.807, 2.05) is 0 Å². The lowest BCUT2D eigenvalue weighted by Crippen LogP contribution is -2.28. The number of aromatic nitrogens is 1. The highest BCUT2D eigenvalue weighted by molar-refractivity contribution is 7.17. The monoisotopic (exact) mass is 309 g/mol. The summed E-state index contributed by atoms with van der Waals surface area (Å²) in [6, 6.07) is 1.73. The molecular weight excluding hydrogens is 294 g/mol. The topological polar surface area (TPSA) is 88.8 Å². The largest absolute Gasteiger partial charge is 0.502 e. The molecule has 3 rings (SSSR count). The maximum absolute atomic E-state index is 12.3. The fourth-order valence-corrected chi connectivity index (χ4v) is 3.65. The third-order valence-corrected chi connectivity index (χ3v) is 4.76. The van der Waals surface area contributed by atoms with E-state index in [1.54, 1.807) is 11.4 Å². The molecule has 112 valence electrons. The van der Waals surface area contributed by atoms with Gasteiger partial charge in [-0.25, -0.2) is 4.79 Å². The Balaban J connectivity index is 2.12. The zero-order valence-electron chi connectivity index (χ0n) is 11.2. The molecule has 0 saturated carbocycles. The van der Waals surface area contributed by atoms with E-state index < -0.39 is 17.3 Å². The molecule has 1 fully saturated rings. The fraction of sp³-hybridized carbons (Fsp3) is 0.429. The van der Waals surface area contributed by atoms with Crippen LogP contribution in [0.3, 0.4) is 0 Å². The minimum absolute atomic E-state index is 0.298. The van der Waals surface area contributed by atoms with Gasteiger partial charge in [-0.2, -0.15) is 0 Å². The quantitative estimate of drug-likeness (QED) is 0.904. The van der Waals surface area contributed by atoms with Gasteiger partial charge in [-0.05, 0) is 30.2 Å². The van der Waals surface area contributed by atoms with E-state index in [0.29, 0.717) is 35.9 Å². The molecular formula is C14H15NO5S. The van der Waals surface area contributed by atoms with Crippen LogP contribution in [0.1, 0.15) is 23.2 Å². The molecule has 2 aromatic rings. The van der Waals surface area contributed by atoms with Crippen molar-refractivity contribution < 1.29 is 19.7 Å². The van der Waals surface area contributed by atoms with Crippen molar-refractivity contribution in [2.45, 2.75) is 19.4 Å². The van der Waals surface area contributed by atoms with Gasteiger partial charge in [0.05, 0.1) is 10.2 Å². The number of carboxylic acids is 1. The maximum Gasteiger partial charge on any atom is 0.341 e. The van der Waals surface area contributed by atoms with Crippen molar-refractivity contribution in [1.29, 1.82) is 0 Å². The lowest BCUT2D eigenvalue weighted by molar-refractivity contribution is 0.0613. The maximum atomic E-state index is 12.3. The van der Waals surface area contributed by atoms with E-state index in [0.717, 1.165) is 12.8 Å². The van der Waals surface area contributed by atoms with Gasteiger partial charge in [0.1, 0.15) is 5.56 Å². The number of hydrogen-bond donors (Lipinski definition) is 2. The minimum atomic E-state index is -1.28. The zero-order valence-corrected chi connectivity index (χ0v) is 12.1. The highest BCUT2D eigenvalue weighted by Gasteiger charge is 2.24. The lowest BCUT2D eigenvalue weighted by atomic mass is 10.00. The van der Waals surface area contributed by atoms with Crippen LogP contribution >= 0.6 is 11.3 Å². The van der Waals surface area contributed by atoms with E-state index in [2.05, 4.69) is 0 Å². The number of hydrogen-bond acceptors (Lipinski definition) is 5. The molecule has 7 heteroatoms. The average molecular weight is 309 g/mol. The first kappa shape index (κ1) is 14.1. The molecule has 1 saturated heterocycles. The van der Waals surface area contributed by atoms with Crippen molar-refractivity contribution in [3.05, 3.63) is 27.4 Å². The summed E-state index contributed by atoms with van der Waals surface area (Å²) < 4.78 is 7.23. The molecule has 0 aromatic carbocycles. The Morgan fingerprint density at radius 3 is 2.81 bits per heavy atom. The van der Waals surface area contributed by atoms with E-state index in [9.17, 15) is 19.8 Å². The van der Waals surface area contributed by atoms with Gasteiger partial charge in [-0.15, -0.1) is 11.3 Å². The molecule has 6 nitrogen and oxygen atoms in total. The Labute approximate surface area is 124 Å². The molecule has 2 N–H and O–H groups in total. The predicted octanol–water partition coefficient (Wildman–Crippen LogP) is 1.89. The molecule has 0 amide bonds. The van der Waals surface area contributed by atoms with Crippen molar-refractivity contribution in [3.63, 3.8) is 0 Å². The van der Waals surface area contributed by atoms with Crippen molar-refractivity contribution >= 4 is 27.5 Å². The first-order valence-electron chi connectivity index (χ1n) is 6.73. The van der Waals surface area contributed by atoms with Crippen LogP contribution in [-0.2, 0) is 11.3 Å². The van der Waals surface area contributed by atoms with Crippen molar-refractivity contribution in [1.82, 2.24) is 4.57 Å². The number of carboxylic acid groups (broad SMARTS) is 1. The molecule has 3 heterocycles. The molecule has 21 heavy (non-hydrogen) atoms. The number of pyridine rings is 1. The first-order chi connectivity index (χ1) is 10.1. The summed E-state index contributed by atoms with van der Waals surface area (Å²) in [6.07, 6.45) is 1.72. The number of aromatic hydroxyl groups is 1. The Hall–Kier alpha value is -1.86. The standard InChI is InChI=1S/C14H15NO5S/c16-11-10(14(18)19)12-9(3-6-21-12)15(13(11)17)7-8-1-4-20-5-2-8/h3,6,8,16H,1-2,4-5,7H2,(H,18,19). The molecule has 0 atom stereocenters. The van der Waals surface area contributed by atoms with E-state index in [1.165, 1.54) is 15.9 Å². The number of thiophene rings is 1. The number of nitrogens with zero attached hydrogens (tertiary/aromatic N) is 1. The van der Waals surface area contributed by atoms with Crippen LogP contribution in [0.2, 0.25) is 0 Å². The van der Waals surface area contributed by atoms with E-state index in [-0.39, 0.29) is 5.56 Å². The Morgan fingerprint density at radius 2 is 2.14 bits per heavy atom. The zero-order chi connectivity index (χ0) is 15.0. The first-order valence-corrected chi connectivity index (χ1v) is 7.61. The molecule has 2 aromatic heterocycles. The van der Waals surface area contributed by atoms with Crippen LogP contribution in [0.25, 0.3) is 10.2 Å². The van der Waals surface area contributed by atoms with Crippen LogP contribution in [0.4, 0.5) is 0 Å². The third-order valence-electron chi connectivity index (χ3n) is 3.84. The number of rotatable bonds is 3. The van der Waals surface area contributed by atoms with Crippen molar-refractivity contribution in [2.24, 2.45) is 5.92 Å². The summed E-state index contributed by atoms with van der Waals surface area (Å²) in [5.74, 6) is -1.66. The number of fused-ring (bicyclic) bond motifs is 1. The summed E-state index contributed by atoms with van der Waals surface area (Å²) in [5.41, 5.74) is -0.357. The highest BCUT2D eigenvalue weighted by Crippen LogP contribution is 2.30. The van der Waals surface area contributed by atoms with Gasteiger partial charge in [0, 0.05) is 19.8 Å². The van der Waals surface area contributed by atoms with Gasteiger partial charge in [-0.3, -0.25) is 4.79 Å². The highest BCUT2D eigenvalue weighted by atomic mass is 32.1. The summed E-state index contributed by atoms with van der Waals surface area (Å²) in [6.45, 7) is 1.82. The predicted molar refractivity (Wildman–Crippen MR) is 78.3 cm³/mol. The smallest absolute Gasteiger partial charge is 0.341 e. The van der Waals surface area contributed by atoms with Gasteiger partial charge < -0.3 is 19.5 Å². The summed E-state index contributed by atoms with van der Waals surface area (Å²) in [4.78, 5) is 23.6. The summed E-state index contributed by atoms with van der Waals surface area (Å²) >= 11 is 1.22. The van der Waals surface area contributed by atoms with E-state index >= 15 is 0 Å². The number of ether oxygens (including phenoxy) is 1. The van der Waals surface area contributed by atoms with Crippen molar-refractivity contribution in [3.8, 4) is 5.75 Å². The number of aromatic carboxylic acids is 1. The van der Waals surface area contributed by atoms with Gasteiger partial charge >= 0.3 is 5.97 Å². The van der Waals surface area contributed by atoms with Crippen LogP contribution in [0.15, 0.2) is 16.2 Å². The Kier molecular flexibility index (Phi) is 3.69. The molecule has 0 bridgehead atoms. The second kappa shape index (κ2) is 5.50. The molecule has 0 aliphatic carbocycles. The molecule has 1 aliphatic heterocycles. The van der Waals surface area contributed by atoms with Gasteiger partial charge in [-0.1, -0.05) is 0 Å². The van der Waals surface area contributed by atoms with Gasteiger partial charge in [0.25, 0.3) is 5.56 Å². The summed E-state index contributed by atoms with van der Waals surface area (Å²) in [7, 11) is 0. The van der Waals surface area contributed by atoms with Crippen molar-refractivity contribution in [2.75, 3.05) is 13.2 Å². The third kappa shape index (κ3) is 2.43. The van der Waals surface area contributed by atoms with Crippen LogP contribution in [0, 0.1) is 5.92 Å². The fourth-order valence-electron chi connectivity index (χ4n) is 2.72. The van der Waals surface area contributed by atoms with Gasteiger partial charge in [0.15, 0.2) is 5.75 Å². The minimum Gasteiger partial charge on any atom is -0.502 e. The van der Waals surface area contributed by atoms with Crippen LogP contribution in [-0.4, -0.2) is 34.0 Å². The van der Waals surface area contributed by atoms with E-state index in [4.69, 9.17) is 4.74 Å². The molecule has 0 radical (unpaired) electrons. The Morgan fingerprint density at radius 1 is 1.43 bits per heavy atom. The molecule has 0 spiro atoms. The second-order valence-electron chi connectivity index (χ2n) is 5.14. The van der Waals surface area contributed by atoms with Gasteiger partial charge in [0.2, 0.25) is 0 Å². The molecule has 0 unspecified atom stereocenters. The normalized spacial score (nSPS) is 16.4. The summed E-state index contributed by atoms with van der Waals surface area (Å²) in [5, 5.41) is 20.9. The van der Waals surface area contributed by atoms with Crippen LogP contribution in [0.5, 0.6) is 5.75 Å². The Bertz CT molecular complexity index is 742. The second-order valence-corrected chi connectivity index (χ2v) is 6.05. The SMILES string of the molecule is O=C(O)c1c(O)c(=O)n(CC2CCOCC2)c2ccsc12. The molecule has 1 aliphatic rings. The van der Waals surface area contributed by atoms with Crippen LogP contribution < -0.4 is 5.56 Å². The average Bonchev–Trinajstić information content (AvgIpc) is 2.93. The lowest BCUT2D eigenvalue weighted by Gasteiger charge is -2.23.